The fourth-order valence-corrected chi connectivity index (χ4v) is 3.34. The van der Waals surface area contributed by atoms with Crippen LogP contribution in [0.4, 0.5) is 5.69 Å². The van der Waals surface area contributed by atoms with E-state index >= 15 is 0 Å². The summed E-state index contributed by atoms with van der Waals surface area (Å²) in [5.41, 5.74) is 4.77. The molecule has 2 aromatic rings. The zero-order chi connectivity index (χ0) is 15.5. The Kier molecular flexibility index (Phi) is 4.67. The van der Waals surface area contributed by atoms with Gasteiger partial charge >= 0.3 is 0 Å². The average Bonchev–Trinajstić information content (AvgIpc) is 2.88. The zero-order valence-electron chi connectivity index (χ0n) is 13.2. The number of hydrogen-bond acceptors (Lipinski definition) is 2. The minimum atomic E-state index is 0.864. The fourth-order valence-electron chi connectivity index (χ4n) is 2.94. The Morgan fingerprint density at radius 1 is 1.09 bits per heavy atom. The van der Waals surface area contributed by atoms with Crippen molar-refractivity contribution in [2.24, 2.45) is 0 Å². The van der Waals surface area contributed by atoms with Crippen LogP contribution in [0.5, 0.6) is 0 Å². The van der Waals surface area contributed by atoms with Gasteiger partial charge in [0, 0.05) is 18.8 Å². The van der Waals surface area contributed by atoms with E-state index in [9.17, 15) is 0 Å². The summed E-state index contributed by atoms with van der Waals surface area (Å²) in [6.45, 7) is 6.53. The molecule has 0 atom stereocenters. The van der Waals surface area contributed by atoms with Crippen molar-refractivity contribution >= 4 is 27.7 Å². The van der Waals surface area contributed by atoms with Gasteiger partial charge in [0.1, 0.15) is 4.60 Å². The van der Waals surface area contributed by atoms with Crippen molar-refractivity contribution in [1.29, 1.82) is 0 Å². The third-order valence-corrected chi connectivity index (χ3v) is 4.33. The molecule has 0 unspecified atom stereocenters. The number of allylic oxidation sites excluding steroid dienone is 1. The summed E-state index contributed by atoms with van der Waals surface area (Å²) in [7, 11) is 0. The molecule has 1 fully saturated rings. The highest BCUT2D eigenvalue weighted by atomic mass is 79.9. The first-order valence-corrected chi connectivity index (χ1v) is 8.68. The monoisotopic (exact) mass is 359 g/mol. The molecule has 1 aliphatic rings. The van der Waals surface area contributed by atoms with Gasteiger partial charge in [-0.3, -0.25) is 0 Å². The Labute approximate surface area is 140 Å². The summed E-state index contributed by atoms with van der Waals surface area (Å²) in [6.07, 6.45) is 6.10. The molecule has 4 heteroatoms. The van der Waals surface area contributed by atoms with E-state index in [1.165, 1.54) is 30.5 Å². The van der Waals surface area contributed by atoms with Crippen LogP contribution in [0, 0.1) is 0 Å². The maximum Gasteiger partial charge on any atom is 0.129 e. The molecule has 0 saturated carbocycles. The number of benzene rings is 1. The first-order valence-electron chi connectivity index (χ1n) is 7.89. The summed E-state index contributed by atoms with van der Waals surface area (Å²) in [4.78, 5) is 2.48. The van der Waals surface area contributed by atoms with E-state index in [-0.39, 0.29) is 0 Å². The fraction of sp³-hybridized carbons (Fsp3) is 0.389. The molecule has 1 saturated heterocycles. The van der Waals surface area contributed by atoms with Crippen LogP contribution < -0.4 is 4.90 Å². The van der Waals surface area contributed by atoms with Gasteiger partial charge in [0.15, 0.2) is 0 Å². The third kappa shape index (κ3) is 3.43. The van der Waals surface area contributed by atoms with Gasteiger partial charge in [-0.05, 0) is 79.4 Å². The summed E-state index contributed by atoms with van der Waals surface area (Å²) >= 11 is 3.49. The molecule has 3 nitrogen and oxygen atoms in total. The van der Waals surface area contributed by atoms with Crippen molar-refractivity contribution in [3.63, 3.8) is 0 Å². The van der Waals surface area contributed by atoms with E-state index in [1.807, 2.05) is 4.68 Å². The Morgan fingerprint density at radius 3 is 2.55 bits per heavy atom. The molecule has 22 heavy (non-hydrogen) atoms. The first-order chi connectivity index (χ1) is 10.6. The van der Waals surface area contributed by atoms with Crippen LogP contribution >= 0.6 is 15.9 Å². The quantitative estimate of drug-likeness (QED) is 0.764. The van der Waals surface area contributed by atoms with E-state index in [4.69, 9.17) is 0 Å². The summed E-state index contributed by atoms with van der Waals surface area (Å²) in [5.74, 6) is 0. The lowest BCUT2D eigenvalue weighted by Crippen LogP contribution is -2.29. The summed E-state index contributed by atoms with van der Waals surface area (Å²) < 4.78 is 2.87. The van der Waals surface area contributed by atoms with Crippen molar-refractivity contribution in [2.75, 3.05) is 18.0 Å². The second kappa shape index (κ2) is 6.69. The summed E-state index contributed by atoms with van der Waals surface area (Å²) in [5, 5.41) is 4.59. The standard InChI is InChI=1S/C18H22BrN3/c1-14(2)11-17-13-18(19)20-22(17)16-8-6-7-15(12-16)21-9-4-3-5-10-21/h6-8,11-13H,3-5,9-10H2,1-2H3. The van der Waals surface area contributed by atoms with Crippen LogP contribution in [0.2, 0.25) is 0 Å². The maximum absolute atomic E-state index is 4.59. The van der Waals surface area contributed by atoms with E-state index in [0.29, 0.717) is 0 Å². The molecule has 2 heterocycles. The molecule has 0 amide bonds. The Balaban J connectivity index is 1.97. The van der Waals surface area contributed by atoms with Crippen molar-refractivity contribution < 1.29 is 0 Å². The van der Waals surface area contributed by atoms with E-state index < -0.39 is 0 Å². The van der Waals surface area contributed by atoms with Crippen LogP contribution in [-0.2, 0) is 0 Å². The SMILES string of the molecule is CC(C)=Cc1cc(Br)nn1-c1cccc(N2CCCCC2)c1. The van der Waals surface area contributed by atoms with E-state index in [2.05, 4.69) is 76.2 Å². The van der Waals surface area contributed by atoms with E-state index in [0.717, 1.165) is 29.1 Å². The molecule has 1 aliphatic heterocycles. The van der Waals surface area contributed by atoms with Gasteiger partial charge in [-0.2, -0.15) is 5.10 Å². The van der Waals surface area contributed by atoms with Crippen LogP contribution in [0.15, 0.2) is 40.5 Å². The van der Waals surface area contributed by atoms with Crippen LogP contribution in [0.25, 0.3) is 11.8 Å². The average molecular weight is 360 g/mol. The molecule has 0 bridgehead atoms. The topological polar surface area (TPSA) is 21.1 Å². The molecule has 0 N–H and O–H groups in total. The predicted octanol–water partition coefficient (Wildman–Crippen LogP) is 5.05. The first kappa shape index (κ1) is 15.3. The van der Waals surface area contributed by atoms with Crippen LogP contribution in [-0.4, -0.2) is 22.9 Å². The predicted molar refractivity (Wildman–Crippen MR) is 96.7 cm³/mol. The molecular formula is C18H22BrN3. The summed E-state index contributed by atoms with van der Waals surface area (Å²) in [6, 6.07) is 10.7. The zero-order valence-corrected chi connectivity index (χ0v) is 14.8. The molecule has 0 aliphatic carbocycles. The Bertz CT molecular complexity index is 677. The van der Waals surface area contributed by atoms with Gasteiger partial charge in [0.2, 0.25) is 0 Å². The highest BCUT2D eigenvalue weighted by molar-refractivity contribution is 9.10. The molecule has 116 valence electrons. The smallest absolute Gasteiger partial charge is 0.129 e. The third-order valence-electron chi connectivity index (χ3n) is 3.94. The number of aromatic nitrogens is 2. The number of halogens is 1. The number of anilines is 1. The number of piperidine rings is 1. The molecule has 0 spiro atoms. The van der Waals surface area contributed by atoms with Crippen molar-refractivity contribution in [3.05, 3.63) is 46.2 Å². The lowest BCUT2D eigenvalue weighted by molar-refractivity contribution is 0.577. The number of nitrogens with zero attached hydrogens (tertiary/aromatic N) is 3. The van der Waals surface area contributed by atoms with Gasteiger partial charge in [0.25, 0.3) is 0 Å². The van der Waals surface area contributed by atoms with Crippen molar-refractivity contribution in [1.82, 2.24) is 9.78 Å². The maximum atomic E-state index is 4.59. The molecule has 0 radical (unpaired) electrons. The van der Waals surface area contributed by atoms with Crippen LogP contribution in [0.1, 0.15) is 38.8 Å². The van der Waals surface area contributed by atoms with Crippen molar-refractivity contribution in [2.45, 2.75) is 33.1 Å². The van der Waals surface area contributed by atoms with Gasteiger partial charge in [-0.25, -0.2) is 4.68 Å². The van der Waals surface area contributed by atoms with Gasteiger partial charge < -0.3 is 4.90 Å². The second-order valence-corrected chi connectivity index (χ2v) is 6.91. The van der Waals surface area contributed by atoms with E-state index in [1.54, 1.807) is 0 Å². The lowest BCUT2D eigenvalue weighted by Gasteiger charge is -2.29. The molecule has 1 aromatic carbocycles. The normalized spacial score (nSPS) is 15.0. The largest absolute Gasteiger partial charge is 0.371 e. The highest BCUT2D eigenvalue weighted by Gasteiger charge is 2.13. The Hall–Kier alpha value is -1.55. The number of hydrogen-bond donors (Lipinski definition) is 0. The van der Waals surface area contributed by atoms with Gasteiger partial charge in [0.05, 0.1) is 11.4 Å². The second-order valence-electron chi connectivity index (χ2n) is 6.09. The van der Waals surface area contributed by atoms with Gasteiger partial charge in [-0.15, -0.1) is 0 Å². The van der Waals surface area contributed by atoms with Gasteiger partial charge in [-0.1, -0.05) is 11.6 Å². The highest BCUT2D eigenvalue weighted by Crippen LogP contribution is 2.25. The minimum Gasteiger partial charge on any atom is -0.371 e. The molecule has 1 aromatic heterocycles. The van der Waals surface area contributed by atoms with Crippen molar-refractivity contribution in [3.8, 4) is 5.69 Å². The number of rotatable bonds is 3. The Morgan fingerprint density at radius 2 is 1.82 bits per heavy atom. The molecular weight excluding hydrogens is 338 g/mol. The lowest BCUT2D eigenvalue weighted by atomic mass is 10.1. The minimum absolute atomic E-state index is 0.864. The van der Waals surface area contributed by atoms with Crippen LogP contribution in [0.3, 0.4) is 0 Å². The molecule has 3 rings (SSSR count).